The van der Waals surface area contributed by atoms with Crippen LogP contribution < -0.4 is 0 Å². The van der Waals surface area contributed by atoms with Crippen LogP contribution in [0.3, 0.4) is 0 Å². The fraction of sp³-hybridized carbons (Fsp3) is 0.235. The molecule has 1 atom stereocenters. The molecule has 2 aromatic carbocycles. The number of aryl methyl sites for hydroxylation is 3. The fourth-order valence-electron chi connectivity index (χ4n) is 2.27. The Morgan fingerprint density at radius 3 is 2.05 bits per heavy atom. The maximum Gasteiger partial charge on any atom is 0.350 e. The highest BCUT2D eigenvalue weighted by Gasteiger charge is 2.35. The van der Waals surface area contributed by atoms with Crippen molar-refractivity contribution in [2.24, 2.45) is 0 Å². The Bertz CT molecular complexity index is 800. The van der Waals surface area contributed by atoms with Crippen LogP contribution in [0, 0.1) is 27.3 Å². The largest absolute Gasteiger partial charge is 0.350 e. The molecule has 21 heavy (non-hydrogen) atoms. The average Bonchev–Trinajstić information content (AvgIpc) is 2.42. The van der Waals surface area contributed by atoms with E-state index in [1.54, 1.807) is 30.3 Å². The molecule has 4 heteroatoms. The molecular weight excluding hydrogens is 282 g/mol. The number of rotatable bonds is 3. The minimum absolute atomic E-state index is 0.189. The first-order valence-electron chi connectivity index (χ1n) is 6.60. The zero-order chi connectivity index (χ0) is 15.6. The minimum atomic E-state index is -3.71. The van der Waals surface area contributed by atoms with Gasteiger partial charge in [0.1, 0.15) is 0 Å². The Morgan fingerprint density at radius 2 is 1.52 bits per heavy atom. The summed E-state index contributed by atoms with van der Waals surface area (Å²) in [6.07, 6.45) is 0. The van der Waals surface area contributed by atoms with Gasteiger partial charge in [-0.3, -0.25) is 4.85 Å². The van der Waals surface area contributed by atoms with Gasteiger partial charge in [0.05, 0.1) is 10.5 Å². The zero-order valence-corrected chi connectivity index (χ0v) is 13.1. The number of hydrogen-bond acceptors (Lipinski definition) is 2. The molecule has 0 radical (unpaired) electrons. The van der Waals surface area contributed by atoms with Gasteiger partial charge in [0, 0.05) is 0 Å². The van der Waals surface area contributed by atoms with Crippen molar-refractivity contribution in [2.75, 3.05) is 0 Å². The van der Waals surface area contributed by atoms with Crippen molar-refractivity contribution in [1.29, 1.82) is 0 Å². The monoisotopic (exact) mass is 299 g/mol. The Kier molecular flexibility index (Phi) is 4.15. The molecule has 0 saturated carbocycles. The van der Waals surface area contributed by atoms with Crippen molar-refractivity contribution in [2.45, 2.75) is 31.0 Å². The van der Waals surface area contributed by atoms with Crippen molar-refractivity contribution in [3.05, 3.63) is 76.1 Å². The van der Waals surface area contributed by atoms with Gasteiger partial charge in [-0.1, -0.05) is 35.4 Å². The van der Waals surface area contributed by atoms with Crippen LogP contribution in [0.15, 0.2) is 47.4 Å². The molecule has 2 rings (SSSR count). The Labute approximate surface area is 126 Å². The van der Waals surface area contributed by atoms with E-state index in [1.807, 2.05) is 32.9 Å². The summed E-state index contributed by atoms with van der Waals surface area (Å²) in [6, 6.07) is 12.1. The van der Waals surface area contributed by atoms with Crippen LogP contribution in [0.1, 0.15) is 27.6 Å². The van der Waals surface area contributed by atoms with Gasteiger partial charge in [0.15, 0.2) is 0 Å². The lowest BCUT2D eigenvalue weighted by molar-refractivity contribution is 0.590. The van der Waals surface area contributed by atoms with Crippen LogP contribution in [0.2, 0.25) is 0 Å². The first kappa shape index (κ1) is 15.3. The summed E-state index contributed by atoms with van der Waals surface area (Å²) in [5.74, 6) is 0. The van der Waals surface area contributed by atoms with Crippen molar-refractivity contribution < 1.29 is 8.42 Å². The summed E-state index contributed by atoms with van der Waals surface area (Å²) in [7, 11) is -3.71. The zero-order valence-electron chi connectivity index (χ0n) is 12.3. The lowest BCUT2D eigenvalue weighted by Crippen LogP contribution is -2.12. The highest BCUT2D eigenvalue weighted by Crippen LogP contribution is 2.32. The van der Waals surface area contributed by atoms with Gasteiger partial charge < -0.3 is 0 Å². The molecule has 0 aliphatic rings. The maximum atomic E-state index is 12.7. The molecule has 0 heterocycles. The Hall–Kier alpha value is -2.12. The predicted molar refractivity (Wildman–Crippen MR) is 83.6 cm³/mol. The van der Waals surface area contributed by atoms with E-state index in [0.717, 1.165) is 16.7 Å². The summed E-state index contributed by atoms with van der Waals surface area (Å²) < 4.78 is 25.4. The van der Waals surface area contributed by atoms with E-state index in [0.29, 0.717) is 5.56 Å². The molecule has 3 nitrogen and oxygen atoms in total. The topological polar surface area (TPSA) is 38.5 Å². The van der Waals surface area contributed by atoms with Gasteiger partial charge in [-0.25, -0.2) is 15.0 Å². The van der Waals surface area contributed by atoms with Gasteiger partial charge in [-0.2, -0.15) is 0 Å². The predicted octanol–water partition coefficient (Wildman–Crippen LogP) is 4.00. The molecule has 0 bridgehead atoms. The fourth-order valence-corrected chi connectivity index (χ4v) is 3.78. The standard InChI is InChI=1S/C17H17NO2S/c1-12-5-8-15(9-6-12)21(19,20)17(18-4)16-10-7-13(2)11-14(16)3/h5-11,17H,1-3H3. The molecule has 1 unspecified atom stereocenters. The van der Waals surface area contributed by atoms with Crippen molar-refractivity contribution >= 4 is 9.84 Å². The van der Waals surface area contributed by atoms with Crippen LogP contribution in [-0.4, -0.2) is 8.42 Å². The summed E-state index contributed by atoms with van der Waals surface area (Å²) in [6.45, 7) is 13.0. The third kappa shape index (κ3) is 2.98. The molecule has 0 amide bonds. The molecule has 0 aliphatic heterocycles. The molecule has 0 aliphatic carbocycles. The van der Waals surface area contributed by atoms with E-state index in [1.165, 1.54) is 0 Å². The van der Waals surface area contributed by atoms with E-state index in [2.05, 4.69) is 4.85 Å². The molecule has 2 aromatic rings. The second-order valence-electron chi connectivity index (χ2n) is 5.20. The van der Waals surface area contributed by atoms with Crippen LogP contribution >= 0.6 is 0 Å². The second-order valence-corrected chi connectivity index (χ2v) is 7.21. The van der Waals surface area contributed by atoms with E-state index in [4.69, 9.17) is 6.57 Å². The number of hydrogen-bond donors (Lipinski definition) is 0. The smallest absolute Gasteiger partial charge is 0.291 e. The van der Waals surface area contributed by atoms with Gasteiger partial charge in [0.25, 0.3) is 9.84 Å². The summed E-state index contributed by atoms with van der Waals surface area (Å²) in [5, 5.41) is -1.19. The Morgan fingerprint density at radius 1 is 0.952 bits per heavy atom. The minimum Gasteiger partial charge on any atom is -0.291 e. The summed E-state index contributed by atoms with van der Waals surface area (Å²) in [5.41, 5.74) is 3.41. The summed E-state index contributed by atoms with van der Waals surface area (Å²) >= 11 is 0. The molecular formula is C17H17NO2S. The lowest BCUT2D eigenvalue weighted by atomic mass is 10.1. The van der Waals surface area contributed by atoms with E-state index in [9.17, 15) is 8.42 Å². The quantitative estimate of drug-likeness (QED) is 0.803. The number of nitrogens with zero attached hydrogens (tertiary/aromatic N) is 1. The maximum absolute atomic E-state index is 12.7. The first-order valence-corrected chi connectivity index (χ1v) is 8.15. The van der Waals surface area contributed by atoms with Gasteiger partial charge in [-0.05, 0) is 44.5 Å². The van der Waals surface area contributed by atoms with Crippen LogP contribution in [-0.2, 0) is 9.84 Å². The molecule has 0 spiro atoms. The Balaban J connectivity index is 2.55. The van der Waals surface area contributed by atoms with Crippen molar-refractivity contribution in [1.82, 2.24) is 0 Å². The van der Waals surface area contributed by atoms with Crippen molar-refractivity contribution in [3.8, 4) is 0 Å². The molecule has 0 saturated heterocycles. The normalized spacial score (nSPS) is 12.7. The van der Waals surface area contributed by atoms with Gasteiger partial charge >= 0.3 is 5.37 Å². The van der Waals surface area contributed by atoms with Crippen LogP contribution in [0.5, 0.6) is 0 Å². The molecule has 0 aromatic heterocycles. The average molecular weight is 299 g/mol. The number of benzene rings is 2. The molecule has 0 N–H and O–H groups in total. The van der Waals surface area contributed by atoms with Gasteiger partial charge in [-0.15, -0.1) is 0 Å². The van der Waals surface area contributed by atoms with Crippen LogP contribution in [0.4, 0.5) is 0 Å². The van der Waals surface area contributed by atoms with E-state index >= 15 is 0 Å². The second kappa shape index (κ2) is 5.71. The van der Waals surface area contributed by atoms with E-state index < -0.39 is 15.2 Å². The molecule has 0 fully saturated rings. The first-order chi connectivity index (χ1) is 9.86. The van der Waals surface area contributed by atoms with Crippen LogP contribution in [0.25, 0.3) is 4.85 Å². The third-order valence-corrected chi connectivity index (χ3v) is 5.33. The van der Waals surface area contributed by atoms with Crippen molar-refractivity contribution in [3.63, 3.8) is 0 Å². The highest BCUT2D eigenvalue weighted by molar-refractivity contribution is 7.91. The highest BCUT2D eigenvalue weighted by atomic mass is 32.2. The third-order valence-electron chi connectivity index (χ3n) is 3.45. The lowest BCUT2D eigenvalue weighted by Gasteiger charge is -2.11. The van der Waals surface area contributed by atoms with Gasteiger partial charge in [0.2, 0.25) is 0 Å². The SMILES string of the molecule is [C-]#[N+]C(c1ccc(C)cc1C)S(=O)(=O)c1ccc(C)cc1. The molecule has 108 valence electrons. The summed E-state index contributed by atoms with van der Waals surface area (Å²) in [4.78, 5) is 3.57. The number of sulfone groups is 1. The van der Waals surface area contributed by atoms with E-state index in [-0.39, 0.29) is 4.90 Å².